The molecule has 0 aromatic carbocycles. The molecule has 0 amide bonds. The molecule has 0 unspecified atom stereocenters. The van der Waals surface area contributed by atoms with Crippen LogP contribution in [-0.4, -0.2) is 5.78 Å². The highest BCUT2D eigenvalue weighted by atomic mass is 16.1. The molecule has 0 aliphatic heterocycles. The Bertz CT molecular complexity index is 315. The van der Waals surface area contributed by atoms with E-state index in [1.54, 1.807) is 0 Å². The molecule has 0 radical (unpaired) electrons. The third kappa shape index (κ3) is 0.272. The minimum Gasteiger partial charge on any atom is -0.299 e. The van der Waals surface area contributed by atoms with E-state index in [2.05, 4.69) is 0 Å². The quantitative estimate of drug-likeness (QED) is 0.522. The average Bonchev–Trinajstić information content (AvgIpc) is 2.47. The summed E-state index contributed by atoms with van der Waals surface area (Å²) in [5.74, 6) is 7.54. The second kappa shape index (κ2) is 1.21. The lowest BCUT2D eigenvalue weighted by atomic mass is 9.60. The maximum absolute atomic E-state index is 11.9. The first-order valence-electron chi connectivity index (χ1n) is 5.41. The van der Waals surface area contributed by atoms with E-state index in [-0.39, 0.29) is 0 Å². The van der Waals surface area contributed by atoms with Crippen molar-refractivity contribution in [2.45, 2.75) is 12.8 Å². The molecule has 0 N–H and O–H groups in total. The summed E-state index contributed by atoms with van der Waals surface area (Å²) in [7, 11) is 0. The first-order chi connectivity index (χ1) is 5.88. The Hall–Kier alpha value is -0.330. The van der Waals surface area contributed by atoms with Crippen LogP contribution < -0.4 is 0 Å². The lowest BCUT2D eigenvalue weighted by molar-refractivity contribution is -0.132. The van der Waals surface area contributed by atoms with Gasteiger partial charge in [-0.15, -0.1) is 0 Å². The van der Waals surface area contributed by atoms with E-state index in [0.717, 1.165) is 35.5 Å². The fourth-order valence-electron chi connectivity index (χ4n) is 6.10. The normalized spacial score (nSPS) is 79.2. The molecule has 0 aromatic rings. The van der Waals surface area contributed by atoms with Crippen LogP contribution in [-0.2, 0) is 4.79 Å². The van der Waals surface area contributed by atoms with Gasteiger partial charge in [0.05, 0.1) is 0 Å². The Kier molecular flexibility index (Phi) is 0.547. The maximum atomic E-state index is 11.9. The van der Waals surface area contributed by atoms with Gasteiger partial charge in [-0.3, -0.25) is 4.79 Å². The van der Waals surface area contributed by atoms with Gasteiger partial charge in [0, 0.05) is 11.8 Å². The lowest BCUT2D eigenvalue weighted by Gasteiger charge is -2.43. The predicted molar refractivity (Wildman–Crippen MR) is 42.2 cm³/mol. The number of fused-ring (bicyclic) bond motifs is 2. The van der Waals surface area contributed by atoms with Crippen LogP contribution in [0.3, 0.4) is 0 Å². The largest absolute Gasteiger partial charge is 0.299 e. The molecule has 0 heterocycles. The molecule has 0 aromatic heterocycles. The zero-order valence-corrected chi connectivity index (χ0v) is 6.94. The molecule has 0 saturated heterocycles. The fourth-order valence-corrected chi connectivity index (χ4v) is 6.10. The second-order valence-corrected chi connectivity index (χ2v) is 5.74. The summed E-state index contributed by atoms with van der Waals surface area (Å²) in [5, 5.41) is 0. The van der Waals surface area contributed by atoms with Gasteiger partial charge in [-0.05, 0) is 48.3 Å². The second-order valence-electron chi connectivity index (χ2n) is 5.74. The monoisotopic (exact) mass is 160 g/mol. The van der Waals surface area contributed by atoms with Crippen molar-refractivity contribution in [2.75, 3.05) is 0 Å². The molecule has 1 heteroatoms. The highest BCUT2D eigenvalue weighted by molar-refractivity contribution is 5.91. The molecule has 0 spiro atoms. The fraction of sp³-hybridized carbons (Fsp3) is 0.909. The Morgan fingerprint density at radius 2 is 1.58 bits per heavy atom. The van der Waals surface area contributed by atoms with Crippen molar-refractivity contribution in [1.82, 2.24) is 0 Å². The van der Waals surface area contributed by atoms with Crippen LogP contribution in [0.2, 0.25) is 0 Å². The van der Waals surface area contributed by atoms with Crippen molar-refractivity contribution < 1.29 is 4.79 Å². The molecule has 5 aliphatic carbocycles. The minimum atomic E-state index is 0.583. The van der Waals surface area contributed by atoms with Gasteiger partial charge in [0.1, 0.15) is 5.78 Å². The van der Waals surface area contributed by atoms with Crippen LogP contribution >= 0.6 is 0 Å². The summed E-state index contributed by atoms with van der Waals surface area (Å²) in [6.45, 7) is 0. The van der Waals surface area contributed by atoms with E-state index >= 15 is 0 Å². The summed E-state index contributed by atoms with van der Waals surface area (Å²) in [5.41, 5.74) is 0. The molecule has 8 atom stereocenters. The summed E-state index contributed by atoms with van der Waals surface area (Å²) in [6.07, 6.45) is 2.90. The third-order valence-electron chi connectivity index (χ3n) is 6.02. The van der Waals surface area contributed by atoms with Gasteiger partial charge in [-0.1, -0.05) is 0 Å². The zero-order valence-electron chi connectivity index (χ0n) is 6.94. The number of hydrogen-bond acceptors (Lipinski definition) is 1. The van der Waals surface area contributed by atoms with Crippen LogP contribution in [0.25, 0.3) is 0 Å². The Balaban J connectivity index is 1.91. The van der Waals surface area contributed by atoms with Crippen molar-refractivity contribution in [3.8, 4) is 0 Å². The number of carbonyl (C=O) groups is 1. The minimum absolute atomic E-state index is 0.583. The van der Waals surface area contributed by atoms with Crippen LogP contribution in [0.5, 0.6) is 0 Å². The van der Waals surface area contributed by atoms with Crippen LogP contribution in [0.4, 0.5) is 0 Å². The summed E-state index contributed by atoms with van der Waals surface area (Å²) in [4.78, 5) is 11.9. The molecule has 5 saturated carbocycles. The highest BCUT2D eigenvalue weighted by Crippen LogP contribution is 2.81. The van der Waals surface area contributed by atoms with E-state index < -0.39 is 0 Å². The Morgan fingerprint density at radius 3 is 2.50 bits per heavy atom. The standard InChI is InChI=1S/C11H12O/c12-11-8-4-2-5-7-3(4)1-6(8)9(7)10(5)11/h3-10H,1-2H2/t3-,4+,5-,6+,7+,8-,9+,10+/m0/s1. The highest BCUT2D eigenvalue weighted by Gasteiger charge is 2.80. The van der Waals surface area contributed by atoms with E-state index in [1.807, 2.05) is 0 Å². The van der Waals surface area contributed by atoms with Gasteiger partial charge >= 0.3 is 0 Å². The smallest absolute Gasteiger partial charge is 0.140 e. The van der Waals surface area contributed by atoms with Crippen molar-refractivity contribution in [3.63, 3.8) is 0 Å². The number of rotatable bonds is 0. The maximum Gasteiger partial charge on any atom is 0.140 e. The van der Waals surface area contributed by atoms with E-state index in [1.165, 1.54) is 12.8 Å². The summed E-state index contributed by atoms with van der Waals surface area (Å²) in [6, 6.07) is 0. The van der Waals surface area contributed by atoms with Gasteiger partial charge in [0.25, 0.3) is 0 Å². The SMILES string of the molecule is O=C1[C@H]2[C@@H]3C[C@@H]4[C@@H]1[C@@H]1[C@@H]2C[C@@H]3[C@H]41. The van der Waals surface area contributed by atoms with Crippen LogP contribution in [0.15, 0.2) is 0 Å². The average molecular weight is 160 g/mol. The number of ketones is 1. The zero-order chi connectivity index (χ0) is 7.61. The summed E-state index contributed by atoms with van der Waals surface area (Å²) < 4.78 is 0. The predicted octanol–water partition coefficient (Wildman–Crippen LogP) is 1.33. The van der Waals surface area contributed by atoms with E-state index in [9.17, 15) is 4.79 Å². The molecule has 5 fully saturated rings. The van der Waals surface area contributed by atoms with Gasteiger partial charge < -0.3 is 0 Å². The van der Waals surface area contributed by atoms with Gasteiger partial charge in [0.15, 0.2) is 0 Å². The third-order valence-corrected chi connectivity index (χ3v) is 6.02. The van der Waals surface area contributed by atoms with Crippen molar-refractivity contribution >= 4 is 5.78 Å². The van der Waals surface area contributed by atoms with Crippen LogP contribution in [0, 0.1) is 47.3 Å². The first-order valence-corrected chi connectivity index (χ1v) is 5.41. The molecule has 1 nitrogen and oxygen atoms in total. The van der Waals surface area contributed by atoms with Gasteiger partial charge in [0.2, 0.25) is 0 Å². The van der Waals surface area contributed by atoms with E-state index in [4.69, 9.17) is 0 Å². The molecule has 5 rings (SSSR count). The molecule has 62 valence electrons. The molecule has 5 aliphatic rings. The van der Waals surface area contributed by atoms with Crippen molar-refractivity contribution in [3.05, 3.63) is 0 Å². The van der Waals surface area contributed by atoms with Crippen LogP contribution in [0.1, 0.15) is 12.8 Å². The molecular weight excluding hydrogens is 148 g/mol. The molecule has 2 bridgehead atoms. The summed E-state index contributed by atoms with van der Waals surface area (Å²) >= 11 is 0. The molecule has 12 heavy (non-hydrogen) atoms. The number of carbonyl (C=O) groups excluding carboxylic acids is 1. The van der Waals surface area contributed by atoms with Gasteiger partial charge in [-0.2, -0.15) is 0 Å². The van der Waals surface area contributed by atoms with Crippen molar-refractivity contribution in [1.29, 1.82) is 0 Å². The topological polar surface area (TPSA) is 17.1 Å². The Morgan fingerprint density at radius 1 is 0.833 bits per heavy atom. The van der Waals surface area contributed by atoms with Crippen molar-refractivity contribution in [2.24, 2.45) is 47.3 Å². The van der Waals surface area contributed by atoms with E-state index in [0.29, 0.717) is 17.6 Å². The number of Topliss-reactive ketones (excluding diaryl/α,β-unsaturated/α-hetero) is 1. The van der Waals surface area contributed by atoms with Gasteiger partial charge in [-0.25, -0.2) is 0 Å². The lowest BCUT2D eigenvalue weighted by Crippen LogP contribution is -2.44. The Labute approximate surface area is 71.5 Å². The first kappa shape index (κ1) is 5.41. The number of hydrogen-bond donors (Lipinski definition) is 0. The molecular formula is C11H12O.